The summed E-state index contributed by atoms with van der Waals surface area (Å²) >= 11 is 0. The number of rotatable bonds is 3. The van der Waals surface area contributed by atoms with E-state index in [1.807, 2.05) is 54.1 Å². The number of nitrogens with one attached hydrogen (secondary N) is 1. The molecule has 0 fully saturated rings. The number of fused-ring (bicyclic) bond motifs is 1. The Morgan fingerprint density at radius 1 is 1.03 bits per heavy atom. The second kappa shape index (κ2) is 6.88. The zero-order valence-electron chi connectivity index (χ0n) is 16.4. The third-order valence-electron chi connectivity index (χ3n) is 5.73. The van der Waals surface area contributed by atoms with Crippen molar-refractivity contribution in [2.75, 3.05) is 12.4 Å². The number of hydrogen-bond acceptors (Lipinski definition) is 5. The van der Waals surface area contributed by atoms with Gasteiger partial charge in [-0.1, -0.05) is 42.5 Å². The average molecular weight is 386 g/mol. The zero-order valence-corrected chi connectivity index (χ0v) is 16.4. The van der Waals surface area contributed by atoms with E-state index in [0.717, 1.165) is 29.0 Å². The number of Topliss-reactive ketones (excluding diaryl/α,β-unsaturated/α-hetero) is 1. The molecule has 0 unspecified atom stereocenters. The van der Waals surface area contributed by atoms with Gasteiger partial charge < -0.3 is 10.1 Å². The molecule has 5 rings (SSSR count). The Morgan fingerprint density at radius 2 is 1.79 bits per heavy atom. The highest BCUT2D eigenvalue weighted by atomic mass is 16.5. The first-order valence-electron chi connectivity index (χ1n) is 9.79. The lowest BCUT2D eigenvalue weighted by atomic mass is 9.78. The molecular weight excluding hydrogens is 364 g/mol. The van der Waals surface area contributed by atoms with Crippen molar-refractivity contribution in [3.8, 4) is 5.75 Å². The molecule has 1 aliphatic carbocycles. The molecule has 1 aliphatic heterocycles. The Balaban J connectivity index is 1.60. The van der Waals surface area contributed by atoms with Gasteiger partial charge in [0.05, 0.1) is 7.11 Å². The number of ether oxygens (including phenoxy) is 1. The van der Waals surface area contributed by atoms with Crippen molar-refractivity contribution in [2.45, 2.75) is 31.7 Å². The molecule has 0 amide bonds. The molecule has 146 valence electrons. The molecule has 6 heteroatoms. The molecule has 2 atom stereocenters. The Labute approximate surface area is 169 Å². The monoisotopic (exact) mass is 386 g/mol. The van der Waals surface area contributed by atoms with Crippen LogP contribution in [0.4, 0.5) is 5.95 Å². The van der Waals surface area contributed by atoms with Gasteiger partial charge >= 0.3 is 0 Å². The first kappa shape index (κ1) is 17.7. The van der Waals surface area contributed by atoms with Gasteiger partial charge in [0.1, 0.15) is 17.6 Å². The number of ketones is 1. The van der Waals surface area contributed by atoms with Gasteiger partial charge in [-0.3, -0.25) is 4.79 Å². The quantitative estimate of drug-likeness (QED) is 0.737. The molecule has 0 radical (unpaired) electrons. The standard InChI is InChI=1S/C23H22N4O2/c1-14-24-23-25-19-12-17(15-6-4-3-5-7-15)13-20(28)21(19)22(27(23)26-14)16-8-10-18(29-2)11-9-16/h3-11,17,22H,12-13H2,1-2H3,(H,24,25,26)/t17-,22+/m1/s1. The first-order valence-corrected chi connectivity index (χ1v) is 9.79. The number of anilines is 1. The predicted molar refractivity (Wildman–Crippen MR) is 110 cm³/mol. The Kier molecular flexibility index (Phi) is 4.19. The molecule has 0 spiro atoms. The molecule has 0 bridgehead atoms. The minimum atomic E-state index is -0.280. The van der Waals surface area contributed by atoms with Gasteiger partial charge in [-0.2, -0.15) is 10.1 Å². The summed E-state index contributed by atoms with van der Waals surface area (Å²) in [5.74, 6) is 2.47. The number of carbonyl (C=O) groups is 1. The van der Waals surface area contributed by atoms with Crippen LogP contribution in [0.15, 0.2) is 65.9 Å². The van der Waals surface area contributed by atoms with Crippen molar-refractivity contribution in [3.05, 3.63) is 82.8 Å². The number of allylic oxidation sites excluding steroid dienone is 2. The highest BCUT2D eigenvalue weighted by Crippen LogP contribution is 2.44. The van der Waals surface area contributed by atoms with E-state index in [-0.39, 0.29) is 17.7 Å². The highest BCUT2D eigenvalue weighted by molar-refractivity contribution is 6.00. The van der Waals surface area contributed by atoms with Gasteiger partial charge in [0.2, 0.25) is 5.95 Å². The molecule has 6 nitrogen and oxygen atoms in total. The lowest BCUT2D eigenvalue weighted by Crippen LogP contribution is -2.33. The summed E-state index contributed by atoms with van der Waals surface area (Å²) in [5.41, 5.74) is 3.94. The molecule has 1 N–H and O–H groups in total. The molecule has 0 saturated heterocycles. The second-order valence-corrected chi connectivity index (χ2v) is 7.56. The molecule has 1 aromatic heterocycles. The summed E-state index contributed by atoms with van der Waals surface area (Å²) in [7, 11) is 1.65. The third kappa shape index (κ3) is 3.01. The fourth-order valence-electron chi connectivity index (χ4n) is 4.37. The van der Waals surface area contributed by atoms with Gasteiger partial charge in [0, 0.05) is 17.7 Å². The molecule has 2 aromatic carbocycles. The summed E-state index contributed by atoms with van der Waals surface area (Å²) in [6.07, 6.45) is 1.28. The smallest absolute Gasteiger partial charge is 0.226 e. The van der Waals surface area contributed by atoms with Crippen LogP contribution in [-0.2, 0) is 4.79 Å². The highest BCUT2D eigenvalue weighted by Gasteiger charge is 2.39. The van der Waals surface area contributed by atoms with Crippen molar-refractivity contribution < 1.29 is 9.53 Å². The van der Waals surface area contributed by atoms with Gasteiger partial charge in [0.25, 0.3) is 0 Å². The minimum Gasteiger partial charge on any atom is -0.497 e. The predicted octanol–water partition coefficient (Wildman–Crippen LogP) is 4.01. The molecular formula is C23H22N4O2. The van der Waals surface area contributed by atoms with Crippen molar-refractivity contribution in [2.24, 2.45) is 0 Å². The van der Waals surface area contributed by atoms with E-state index in [9.17, 15) is 4.79 Å². The van der Waals surface area contributed by atoms with E-state index in [1.165, 1.54) is 5.56 Å². The zero-order chi connectivity index (χ0) is 20.0. The maximum absolute atomic E-state index is 13.4. The van der Waals surface area contributed by atoms with Crippen molar-refractivity contribution >= 4 is 11.7 Å². The number of nitrogens with zero attached hydrogens (tertiary/aromatic N) is 3. The van der Waals surface area contributed by atoms with Crippen LogP contribution in [0.3, 0.4) is 0 Å². The lowest BCUT2D eigenvalue weighted by molar-refractivity contribution is -0.116. The fraction of sp³-hybridized carbons (Fsp3) is 0.261. The second-order valence-electron chi connectivity index (χ2n) is 7.56. The first-order chi connectivity index (χ1) is 14.1. The molecule has 2 aliphatic rings. The van der Waals surface area contributed by atoms with Crippen LogP contribution < -0.4 is 10.1 Å². The minimum absolute atomic E-state index is 0.159. The van der Waals surface area contributed by atoms with E-state index in [1.54, 1.807) is 7.11 Å². The third-order valence-corrected chi connectivity index (χ3v) is 5.73. The summed E-state index contributed by atoms with van der Waals surface area (Å²) in [4.78, 5) is 17.9. The van der Waals surface area contributed by atoms with Crippen LogP contribution >= 0.6 is 0 Å². The van der Waals surface area contributed by atoms with E-state index >= 15 is 0 Å². The summed E-state index contributed by atoms with van der Waals surface area (Å²) in [5, 5.41) is 7.98. The average Bonchev–Trinajstić information content (AvgIpc) is 3.12. The Morgan fingerprint density at radius 3 is 2.52 bits per heavy atom. The van der Waals surface area contributed by atoms with E-state index in [2.05, 4.69) is 27.5 Å². The number of benzene rings is 2. The van der Waals surface area contributed by atoms with Crippen LogP contribution in [-0.4, -0.2) is 27.7 Å². The maximum atomic E-state index is 13.4. The van der Waals surface area contributed by atoms with Crippen LogP contribution in [0.25, 0.3) is 0 Å². The van der Waals surface area contributed by atoms with Crippen molar-refractivity contribution in [1.29, 1.82) is 0 Å². The molecule has 2 heterocycles. The van der Waals surface area contributed by atoms with Crippen molar-refractivity contribution in [1.82, 2.24) is 14.8 Å². The fourth-order valence-corrected chi connectivity index (χ4v) is 4.37. The summed E-state index contributed by atoms with van der Waals surface area (Å²) < 4.78 is 7.12. The number of methoxy groups -OCH3 is 1. The number of aromatic nitrogens is 3. The lowest BCUT2D eigenvalue weighted by Gasteiger charge is -2.35. The molecule has 3 aromatic rings. The molecule has 29 heavy (non-hydrogen) atoms. The normalized spacial score (nSPS) is 20.7. The SMILES string of the molecule is COc1ccc([C@H]2C3=C(C[C@@H](c4ccccc4)CC3=O)Nc3nc(C)nn32)cc1. The van der Waals surface area contributed by atoms with E-state index in [4.69, 9.17) is 4.74 Å². The van der Waals surface area contributed by atoms with Crippen LogP contribution in [0.1, 0.15) is 41.8 Å². The van der Waals surface area contributed by atoms with E-state index in [0.29, 0.717) is 18.2 Å². The Bertz CT molecular complexity index is 1100. The van der Waals surface area contributed by atoms with Crippen LogP contribution in [0, 0.1) is 6.92 Å². The largest absolute Gasteiger partial charge is 0.497 e. The number of aryl methyl sites for hydroxylation is 1. The number of carbonyl (C=O) groups excluding carboxylic acids is 1. The van der Waals surface area contributed by atoms with Gasteiger partial charge in [0.15, 0.2) is 5.78 Å². The Hall–Kier alpha value is -3.41. The van der Waals surface area contributed by atoms with Crippen LogP contribution in [0.5, 0.6) is 5.75 Å². The molecule has 0 saturated carbocycles. The van der Waals surface area contributed by atoms with Gasteiger partial charge in [-0.15, -0.1) is 0 Å². The van der Waals surface area contributed by atoms with Crippen molar-refractivity contribution in [3.63, 3.8) is 0 Å². The van der Waals surface area contributed by atoms with Crippen LogP contribution in [0.2, 0.25) is 0 Å². The number of hydrogen-bond donors (Lipinski definition) is 1. The van der Waals surface area contributed by atoms with E-state index < -0.39 is 0 Å². The van der Waals surface area contributed by atoms with Gasteiger partial charge in [-0.05, 0) is 42.5 Å². The van der Waals surface area contributed by atoms with Gasteiger partial charge in [-0.25, -0.2) is 4.68 Å². The summed E-state index contributed by atoms with van der Waals surface area (Å²) in [6, 6.07) is 17.8. The summed E-state index contributed by atoms with van der Waals surface area (Å²) in [6.45, 7) is 1.87. The maximum Gasteiger partial charge on any atom is 0.226 e. The topological polar surface area (TPSA) is 69.0 Å².